The van der Waals surface area contributed by atoms with Gasteiger partial charge in [-0.05, 0) is 44.9 Å². The molecule has 0 aromatic carbocycles. The van der Waals surface area contributed by atoms with Crippen molar-refractivity contribution in [2.24, 2.45) is 5.73 Å². The molecule has 0 amide bonds. The van der Waals surface area contributed by atoms with Crippen LogP contribution in [0.15, 0.2) is 48.6 Å². The smallest absolute Gasteiger partial charge is 0.134 e. The molecule has 0 aliphatic carbocycles. The Morgan fingerprint density at radius 2 is 1.35 bits per heavy atom. The summed E-state index contributed by atoms with van der Waals surface area (Å²) in [6, 6.07) is -0.404. The fourth-order valence-corrected chi connectivity index (χ4v) is 2.44. The van der Waals surface area contributed by atoms with Crippen LogP contribution in [0.3, 0.4) is 0 Å². The van der Waals surface area contributed by atoms with Gasteiger partial charge in [0.2, 0.25) is 0 Å². The van der Waals surface area contributed by atoms with Gasteiger partial charge in [0.25, 0.3) is 0 Å². The van der Waals surface area contributed by atoms with E-state index in [0.29, 0.717) is 6.42 Å². The Balaban J connectivity index is 3.50. The Hall–Kier alpha value is -1.45. The fraction of sp³-hybridized carbons (Fsp3) is 0.609. The first kappa shape index (κ1) is 24.6. The van der Waals surface area contributed by atoms with Crippen LogP contribution in [0.1, 0.15) is 77.6 Å². The van der Waals surface area contributed by atoms with Crippen LogP contribution < -0.4 is 5.73 Å². The van der Waals surface area contributed by atoms with Crippen LogP contribution in [0.25, 0.3) is 0 Å². The van der Waals surface area contributed by atoms with Gasteiger partial charge in [-0.1, -0.05) is 68.4 Å². The lowest BCUT2D eigenvalue weighted by molar-refractivity contribution is -0.119. The number of unbranched alkanes of at least 4 members (excludes halogenated alkanes) is 4. The van der Waals surface area contributed by atoms with Gasteiger partial charge < -0.3 is 10.8 Å². The third kappa shape index (κ3) is 18.9. The Morgan fingerprint density at radius 3 is 1.85 bits per heavy atom. The van der Waals surface area contributed by atoms with Crippen LogP contribution in [0.5, 0.6) is 0 Å². The molecule has 0 aliphatic rings. The summed E-state index contributed by atoms with van der Waals surface area (Å²) in [6.45, 7) is 2.11. The van der Waals surface area contributed by atoms with Crippen LogP contribution in [0.2, 0.25) is 0 Å². The van der Waals surface area contributed by atoms with Crippen molar-refractivity contribution in [3.05, 3.63) is 48.6 Å². The molecule has 1 unspecified atom stereocenters. The van der Waals surface area contributed by atoms with E-state index < -0.39 is 6.04 Å². The maximum absolute atomic E-state index is 11.5. The second kappa shape index (κ2) is 19.9. The van der Waals surface area contributed by atoms with E-state index in [9.17, 15) is 4.79 Å². The molecule has 3 N–H and O–H groups in total. The van der Waals surface area contributed by atoms with Crippen molar-refractivity contribution >= 4 is 5.78 Å². The Labute approximate surface area is 160 Å². The van der Waals surface area contributed by atoms with E-state index in [-0.39, 0.29) is 18.8 Å². The zero-order valence-electron chi connectivity index (χ0n) is 16.6. The van der Waals surface area contributed by atoms with Crippen molar-refractivity contribution in [2.75, 3.05) is 6.61 Å². The summed E-state index contributed by atoms with van der Waals surface area (Å²) in [5.41, 5.74) is 5.54. The summed E-state index contributed by atoms with van der Waals surface area (Å²) in [5, 5.41) is 8.80. The third-order valence-electron chi connectivity index (χ3n) is 4.01. The van der Waals surface area contributed by atoms with Crippen molar-refractivity contribution in [2.45, 2.75) is 83.6 Å². The number of allylic oxidation sites excluding steroid dienone is 8. The van der Waals surface area contributed by atoms with E-state index in [4.69, 9.17) is 10.8 Å². The normalized spacial score (nSPS) is 13.7. The summed E-state index contributed by atoms with van der Waals surface area (Å²) in [6.07, 6.45) is 28.3. The molecule has 0 rings (SSSR count). The van der Waals surface area contributed by atoms with Gasteiger partial charge in [0.15, 0.2) is 0 Å². The van der Waals surface area contributed by atoms with Crippen molar-refractivity contribution in [3.63, 3.8) is 0 Å². The number of hydrogen-bond donors (Lipinski definition) is 2. The van der Waals surface area contributed by atoms with Gasteiger partial charge in [-0.25, -0.2) is 0 Å². The lowest BCUT2D eigenvalue weighted by Crippen LogP contribution is -2.27. The third-order valence-corrected chi connectivity index (χ3v) is 4.01. The minimum absolute atomic E-state index is 0.122. The molecular weight excluding hydrogens is 322 g/mol. The monoisotopic (exact) mass is 361 g/mol. The number of hydrogen-bond acceptors (Lipinski definition) is 3. The number of carbonyl (C=O) groups excluding carboxylic acids is 1. The van der Waals surface area contributed by atoms with Crippen molar-refractivity contribution in [3.8, 4) is 0 Å². The van der Waals surface area contributed by atoms with E-state index in [1.807, 2.05) is 0 Å². The lowest BCUT2D eigenvalue weighted by Gasteiger charge is -2.05. The molecule has 3 nitrogen and oxygen atoms in total. The number of aliphatic hydroxyl groups excluding tert-OH is 1. The highest BCUT2D eigenvalue weighted by molar-refractivity contribution is 5.78. The zero-order chi connectivity index (χ0) is 19.3. The quantitative estimate of drug-likeness (QED) is 0.269. The van der Waals surface area contributed by atoms with E-state index >= 15 is 0 Å². The van der Waals surface area contributed by atoms with Gasteiger partial charge >= 0.3 is 0 Å². The summed E-state index contributed by atoms with van der Waals surface area (Å²) < 4.78 is 0. The first-order valence-electron chi connectivity index (χ1n) is 10.2. The second-order valence-electron chi connectivity index (χ2n) is 6.67. The number of ketones is 1. The van der Waals surface area contributed by atoms with Crippen LogP contribution >= 0.6 is 0 Å². The topological polar surface area (TPSA) is 63.3 Å². The highest BCUT2D eigenvalue weighted by atomic mass is 16.3. The van der Waals surface area contributed by atoms with Gasteiger partial charge in [-0.2, -0.15) is 0 Å². The second-order valence-corrected chi connectivity index (χ2v) is 6.67. The zero-order valence-corrected chi connectivity index (χ0v) is 16.6. The molecule has 1 atom stereocenters. The molecule has 0 saturated heterocycles. The van der Waals surface area contributed by atoms with Crippen LogP contribution in [0.4, 0.5) is 0 Å². The highest BCUT2D eigenvalue weighted by Crippen LogP contribution is 2.03. The van der Waals surface area contributed by atoms with Crippen molar-refractivity contribution < 1.29 is 9.90 Å². The molecule has 3 heteroatoms. The number of carbonyl (C=O) groups is 1. The van der Waals surface area contributed by atoms with E-state index in [0.717, 1.165) is 32.1 Å². The van der Waals surface area contributed by atoms with E-state index in [1.165, 1.54) is 25.7 Å². The molecule has 0 aromatic rings. The number of nitrogens with two attached hydrogens (primary N) is 1. The molecular formula is C23H39NO2. The largest absolute Gasteiger partial charge is 0.395 e. The average Bonchev–Trinajstić information content (AvgIpc) is 2.64. The number of rotatable bonds is 17. The summed E-state index contributed by atoms with van der Waals surface area (Å²) in [4.78, 5) is 11.5. The molecule has 0 aromatic heterocycles. The Bertz CT molecular complexity index is 435. The minimum Gasteiger partial charge on any atom is -0.395 e. The standard InChI is InChI=1S/C23H39NO2/c1-2-3-4-5-6-7-8-9-10-11-12-13-14-15-16-17-18-19-23(26)20-22(24)21-25/h6-7,9-10,12-13,15-16,22,25H,2-5,8,11,14,17-21,24H2,1H3/b7-6-,10-9-,13-12-,16-15-. The van der Waals surface area contributed by atoms with Gasteiger partial charge in [0.05, 0.1) is 6.61 Å². The fourth-order valence-electron chi connectivity index (χ4n) is 2.44. The maximum Gasteiger partial charge on any atom is 0.134 e. The van der Waals surface area contributed by atoms with Gasteiger partial charge in [-0.15, -0.1) is 0 Å². The summed E-state index contributed by atoms with van der Waals surface area (Å²) >= 11 is 0. The molecule has 0 aliphatic heterocycles. The number of Topliss-reactive ketones (excluding diaryl/α,β-unsaturated/α-hetero) is 1. The first-order valence-corrected chi connectivity index (χ1v) is 10.2. The minimum atomic E-state index is -0.404. The van der Waals surface area contributed by atoms with Gasteiger partial charge in [-0.3, -0.25) is 4.79 Å². The average molecular weight is 362 g/mol. The summed E-state index contributed by atoms with van der Waals surface area (Å²) in [5.74, 6) is 0.141. The molecule has 148 valence electrons. The molecule has 0 spiro atoms. The molecule has 0 bridgehead atoms. The molecule has 0 radical (unpaired) electrons. The van der Waals surface area contributed by atoms with Gasteiger partial charge in [0.1, 0.15) is 5.78 Å². The van der Waals surface area contributed by atoms with Crippen molar-refractivity contribution in [1.29, 1.82) is 0 Å². The number of aliphatic hydroxyl groups is 1. The predicted octanol–water partition coefficient (Wildman–Crippen LogP) is 5.41. The van der Waals surface area contributed by atoms with E-state index in [2.05, 4.69) is 55.5 Å². The molecule has 0 saturated carbocycles. The molecule has 26 heavy (non-hydrogen) atoms. The van der Waals surface area contributed by atoms with Crippen molar-refractivity contribution in [1.82, 2.24) is 0 Å². The summed E-state index contributed by atoms with van der Waals surface area (Å²) in [7, 11) is 0. The highest BCUT2D eigenvalue weighted by Gasteiger charge is 2.07. The SMILES string of the molecule is CCCCC/C=C\C/C=C\C/C=C\C/C=C\CCCC(=O)CC(N)CO. The van der Waals surface area contributed by atoms with Crippen LogP contribution in [-0.4, -0.2) is 23.5 Å². The van der Waals surface area contributed by atoms with Gasteiger partial charge in [0, 0.05) is 18.9 Å². The maximum atomic E-state index is 11.5. The molecule has 0 fully saturated rings. The molecule has 0 heterocycles. The van der Waals surface area contributed by atoms with E-state index in [1.54, 1.807) is 0 Å². The van der Waals surface area contributed by atoms with Crippen LogP contribution in [-0.2, 0) is 4.79 Å². The Morgan fingerprint density at radius 1 is 0.846 bits per heavy atom. The van der Waals surface area contributed by atoms with Crippen LogP contribution in [0, 0.1) is 0 Å². The predicted molar refractivity (Wildman–Crippen MR) is 113 cm³/mol. The lowest BCUT2D eigenvalue weighted by atomic mass is 10.1. The first-order chi connectivity index (χ1) is 12.7. The Kier molecular flexibility index (Phi) is 18.8.